The molecule has 0 saturated heterocycles. The van der Waals surface area contributed by atoms with Gasteiger partial charge in [-0.25, -0.2) is 9.59 Å². The molecule has 2 aromatic carbocycles. The Hall–Kier alpha value is -4.28. The van der Waals surface area contributed by atoms with E-state index in [0.29, 0.717) is 11.3 Å². The molecule has 0 aliphatic carbocycles. The Kier molecular flexibility index (Phi) is 7.24. The normalized spacial score (nSPS) is 15.4. The summed E-state index contributed by atoms with van der Waals surface area (Å²) in [5.74, 6) is 0.0221. The molecule has 3 rings (SSSR count). The minimum absolute atomic E-state index is 0.0310. The Morgan fingerprint density at radius 2 is 1.68 bits per heavy atom. The third-order valence-corrected chi connectivity index (χ3v) is 5.05. The highest BCUT2D eigenvalue weighted by Crippen LogP contribution is 2.42. The van der Waals surface area contributed by atoms with Gasteiger partial charge in [0.15, 0.2) is 0 Å². The van der Waals surface area contributed by atoms with E-state index in [1.807, 2.05) is 0 Å². The third kappa shape index (κ3) is 4.87. The average Bonchev–Trinajstić information content (AvgIpc) is 2.81. The standard InChI is InChI=1S/C23H25N3O8/c1-12(2)34-22(27)19-20(13-6-8-14(31-3)9-7-13)24-23(28)25-21(19)15-10-16(26(29)30)18(33-5)11-17(15)32-4/h6-12,21H,1-5H3,(H2,24,25,28). The zero-order valence-electron chi connectivity index (χ0n) is 19.3. The largest absolute Gasteiger partial charge is 0.497 e. The number of nitro benzene ring substituents is 1. The van der Waals surface area contributed by atoms with Crippen molar-refractivity contribution in [2.45, 2.75) is 26.0 Å². The van der Waals surface area contributed by atoms with Crippen LogP contribution in [0.4, 0.5) is 10.5 Å². The molecule has 2 N–H and O–H groups in total. The van der Waals surface area contributed by atoms with Gasteiger partial charge in [-0.05, 0) is 43.7 Å². The van der Waals surface area contributed by atoms with Gasteiger partial charge in [-0.15, -0.1) is 0 Å². The Morgan fingerprint density at radius 3 is 2.21 bits per heavy atom. The van der Waals surface area contributed by atoms with E-state index in [1.54, 1.807) is 38.1 Å². The predicted octanol–water partition coefficient (Wildman–Crippen LogP) is 3.34. The van der Waals surface area contributed by atoms with Crippen LogP contribution in [0, 0.1) is 10.1 Å². The van der Waals surface area contributed by atoms with Gasteiger partial charge in [0.1, 0.15) is 11.5 Å². The molecule has 34 heavy (non-hydrogen) atoms. The average molecular weight is 471 g/mol. The van der Waals surface area contributed by atoms with Gasteiger partial charge in [0.25, 0.3) is 0 Å². The number of hydrogen-bond donors (Lipinski definition) is 2. The van der Waals surface area contributed by atoms with Crippen molar-refractivity contribution in [2.24, 2.45) is 0 Å². The smallest absolute Gasteiger partial charge is 0.338 e. The van der Waals surface area contributed by atoms with Crippen LogP contribution in [0.2, 0.25) is 0 Å². The van der Waals surface area contributed by atoms with Crippen LogP contribution >= 0.6 is 0 Å². The molecule has 0 radical (unpaired) electrons. The number of rotatable bonds is 8. The lowest BCUT2D eigenvalue weighted by Crippen LogP contribution is -2.45. The van der Waals surface area contributed by atoms with Crippen LogP contribution in [-0.2, 0) is 9.53 Å². The highest BCUT2D eigenvalue weighted by atomic mass is 16.6. The monoisotopic (exact) mass is 471 g/mol. The Morgan fingerprint density at radius 1 is 1.03 bits per heavy atom. The van der Waals surface area contributed by atoms with Crippen LogP contribution in [-0.4, -0.2) is 44.4 Å². The second-order valence-electron chi connectivity index (χ2n) is 7.53. The van der Waals surface area contributed by atoms with Crippen LogP contribution in [0.25, 0.3) is 5.70 Å². The van der Waals surface area contributed by atoms with Gasteiger partial charge >= 0.3 is 17.7 Å². The Labute approximate surface area is 195 Å². The van der Waals surface area contributed by atoms with Gasteiger partial charge in [0.2, 0.25) is 5.75 Å². The van der Waals surface area contributed by atoms with Crippen molar-refractivity contribution < 1.29 is 33.5 Å². The first-order valence-electron chi connectivity index (χ1n) is 10.3. The summed E-state index contributed by atoms with van der Waals surface area (Å²) in [5, 5.41) is 17.0. The molecule has 2 aromatic rings. The molecule has 1 heterocycles. The first-order chi connectivity index (χ1) is 16.2. The second-order valence-corrected chi connectivity index (χ2v) is 7.53. The Bertz CT molecular complexity index is 1140. The summed E-state index contributed by atoms with van der Waals surface area (Å²) in [5.41, 5.74) is 0.595. The molecule has 11 nitrogen and oxygen atoms in total. The molecule has 0 bridgehead atoms. The summed E-state index contributed by atoms with van der Waals surface area (Å²) in [6.45, 7) is 3.38. The van der Waals surface area contributed by atoms with Crippen molar-refractivity contribution in [3.8, 4) is 17.2 Å². The number of nitrogens with one attached hydrogen (secondary N) is 2. The fourth-order valence-electron chi connectivity index (χ4n) is 3.56. The number of methoxy groups -OCH3 is 3. The lowest BCUT2D eigenvalue weighted by Gasteiger charge is -2.30. The SMILES string of the molecule is COc1ccc(C2=C(C(=O)OC(C)C)C(c3cc([N+](=O)[O-])c(OC)cc3OC)NC(=O)N2)cc1. The Balaban J connectivity index is 2.29. The fraction of sp³-hybridized carbons (Fsp3) is 0.304. The maximum atomic E-state index is 13.3. The third-order valence-electron chi connectivity index (χ3n) is 5.05. The topological polar surface area (TPSA) is 138 Å². The first-order valence-corrected chi connectivity index (χ1v) is 10.3. The maximum Gasteiger partial charge on any atom is 0.338 e. The van der Waals surface area contributed by atoms with Crippen molar-refractivity contribution in [3.63, 3.8) is 0 Å². The van der Waals surface area contributed by atoms with Gasteiger partial charge in [0, 0.05) is 17.7 Å². The number of nitrogens with zero attached hydrogens (tertiary/aromatic N) is 1. The van der Waals surface area contributed by atoms with Gasteiger partial charge in [-0.2, -0.15) is 0 Å². The van der Waals surface area contributed by atoms with E-state index in [9.17, 15) is 19.7 Å². The van der Waals surface area contributed by atoms with Crippen molar-refractivity contribution in [3.05, 3.63) is 63.2 Å². The molecular formula is C23H25N3O8. The molecule has 2 amide bonds. The number of nitro groups is 1. The molecule has 11 heteroatoms. The molecule has 0 saturated carbocycles. The summed E-state index contributed by atoms with van der Waals surface area (Å²) in [4.78, 5) is 36.9. The van der Waals surface area contributed by atoms with Gasteiger partial charge < -0.3 is 29.6 Å². The molecule has 0 fully saturated rings. The van der Waals surface area contributed by atoms with E-state index >= 15 is 0 Å². The minimum Gasteiger partial charge on any atom is -0.497 e. The van der Waals surface area contributed by atoms with E-state index < -0.39 is 29.1 Å². The molecule has 1 unspecified atom stereocenters. The van der Waals surface area contributed by atoms with E-state index in [0.717, 1.165) is 0 Å². The van der Waals surface area contributed by atoms with Gasteiger partial charge in [-0.1, -0.05) is 0 Å². The number of carbonyl (C=O) groups excluding carboxylic acids is 2. The molecule has 180 valence electrons. The minimum atomic E-state index is -1.11. The number of esters is 1. The summed E-state index contributed by atoms with van der Waals surface area (Å²) in [6, 6.07) is 7.52. The van der Waals surface area contributed by atoms with E-state index in [1.165, 1.54) is 33.5 Å². The summed E-state index contributed by atoms with van der Waals surface area (Å²) in [6.07, 6.45) is -0.456. The van der Waals surface area contributed by atoms with Crippen LogP contribution in [0.1, 0.15) is 31.0 Å². The van der Waals surface area contributed by atoms with E-state index in [2.05, 4.69) is 10.6 Å². The zero-order valence-corrected chi connectivity index (χ0v) is 19.3. The highest BCUT2D eigenvalue weighted by Gasteiger charge is 2.38. The lowest BCUT2D eigenvalue weighted by atomic mass is 9.91. The van der Waals surface area contributed by atoms with Crippen LogP contribution in [0.15, 0.2) is 42.0 Å². The lowest BCUT2D eigenvalue weighted by molar-refractivity contribution is -0.385. The van der Waals surface area contributed by atoms with Gasteiger partial charge in [-0.3, -0.25) is 10.1 Å². The molecular weight excluding hydrogens is 446 g/mol. The molecule has 0 aromatic heterocycles. The molecule has 1 aliphatic heterocycles. The quantitative estimate of drug-likeness (QED) is 0.340. The van der Waals surface area contributed by atoms with Crippen molar-refractivity contribution in [1.82, 2.24) is 10.6 Å². The summed E-state index contributed by atoms with van der Waals surface area (Å²) in [7, 11) is 4.18. The second kappa shape index (κ2) is 10.1. The van der Waals surface area contributed by atoms with Crippen molar-refractivity contribution in [1.29, 1.82) is 0 Å². The molecule has 0 spiro atoms. The number of carbonyl (C=O) groups is 2. The highest BCUT2D eigenvalue weighted by molar-refractivity contribution is 6.05. The maximum absolute atomic E-state index is 13.3. The predicted molar refractivity (Wildman–Crippen MR) is 122 cm³/mol. The zero-order chi connectivity index (χ0) is 25.0. The first kappa shape index (κ1) is 24.4. The summed E-state index contributed by atoms with van der Waals surface area (Å²) >= 11 is 0. The van der Waals surface area contributed by atoms with Crippen molar-refractivity contribution >= 4 is 23.4 Å². The van der Waals surface area contributed by atoms with Crippen LogP contribution in [0.3, 0.4) is 0 Å². The summed E-state index contributed by atoms with van der Waals surface area (Å²) < 4.78 is 21.2. The number of ether oxygens (including phenoxy) is 4. The number of hydrogen-bond acceptors (Lipinski definition) is 8. The van der Waals surface area contributed by atoms with Gasteiger partial charge in [0.05, 0.1) is 49.7 Å². The van der Waals surface area contributed by atoms with Crippen LogP contribution in [0.5, 0.6) is 17.2 Å². The van der Waals surface area contributed by atoms with Crippen molar-refractivity contribution in [2.75, 3.05) is 21.3 Å². The fourth-order valence-corrected chi connectivity index (χ4v) is 3.56. The number of amides is 2. The van der Waals surface area contributed by atoms with Crippen LogP contribution < -0.4 is 24.8 Å². The van der Waals surface area contributed by atoms with E-state index in [4.69, 9.17) is 18.9 Å². The molecule has 1 aliphatic rings. The number of benzene rings is 2. The number of urea groups is 1. The van der Waals surface area contributed by atoms with E-state index in [-0.39, 0.29) is 34.0 Å². The molecule has 1 atom stereocenters.